The van der Waals surface area contributed by atoms with Gasteiger partial charge in [0.25, 0.3) is 0 Å². The van der Waals surface area contributed by atoms with Crippen LogP contribution in [-0.4, -0.2) is 30.1 Å². The lowest BCUT2D eigenvalue weighted by Crippen LogP contribution is -2.46. The number of primary amides is 1. The first-order valence-electron chi connectivity index (χ1n) is 6.18. The fraction of sp³-hybridized carbons (Fsp3) is 0.462. The summed E-state index contributed by atoms with van der Waals surface area (Å²) in [5.41, 5.74) is 5.89. The van der Waals surface area contributed by atoms with Gasteiger partial charge in [-0.1, -0.05) is 18.2 Å². The number of nitrogens with one attached hydrogen (secondary N) is 1. The molecular formula is C13H18FN3O. The van der Waals surface area contributed by atoms with Crippen molar-refractivity contribution in [3.05, 3.63) is 35.6 Å². The number of nitrogens with zero attached hydrogens (tertiary/aromatic N) is 1. The summed E-state index contributed by atoms with van der Waals surface area (Å²) in [7, 11) is 0. The van der Waals surface area contributed by atoms with Crippen molar-refractivity contribution in [2.45, 2.75) is 25.4 Å². The monoisotopic (exact) mass is 251 g/mol. The molecule has 2 amide bonds. The van der Waals surface area contributed by atoms with Gasteiger partial charge in [0.1, 0.15) is 5.82 Å². The zero-order valence-corrected chi connectivity index (χ0v) is 10.2. The van der Waals surface area contributed by atoms with Crippen LogP contribution in [-0.2, 0) is 6.54 Å². The van der Waals surface area contributed by atoms with E-state index < -0.39 is 0 Å². The third kappa shape index (κ3) is 3.20. The van der Waals surface area contributed by atoms with E-state index in [1.165, 1.54) is 6.07 Å². The minimum atomic E-state index is -0.359. The molecule has 1 aromatic carbocycles. The third-order valence-corrected chi connectivity index (χ3v) is 3.35. The highest BCUT2D eigenvalue weighted by Gasteiger charge is 2.20. The second-order valence-electron chi connectivity index (χ2n) is 4.57. The topological polar surface area (TPSA) is 58.4 Å². The maximum absolute atomic E-state index is 13.4. The number of urea groups is 1. The highest BCUT2D eigenvalue weighted by molar-refractivity contribution is 5.72. The summed E-state index contributed by atoms with van der Waals surface area (Å²) in [6.45, 7) is 1.86. The first-order valence-corrected chi connectivity index (χ1v) is 6.18. The Morgan fingerprint density at radius 1 is 1.39 bits per heavy atom. The summed E-state index contributed by atoms with van der Waals surface area (Å²) in [5.74, 6) is -0.181. The SMILES string of the molecule is NC(=O)N1CCC(NCc2ccccc2F)CC1. The fourth-order valence-corrected chi connectivity index (χ4v) is 2.20. The molecule has 1 fully saturated rings. The van der Waals surface area contributed by atoms with Crippen LogP contribution < -0.4 is 11.1 Å². The first-order chi connectivity index (χ1) is 8.66. The lowest BCUT2D eigenvalue weighted by molar-refractivity contribution is 0.185. The van der Waals surface area contributed by atoms with Gasteiger partial charge in [-0.05, 0) is 18.9 Å². The van der Waals surface area contributed by atoms with Crippen molar-refractivity contribution in [3.8, 4) is 0 Å². The Kier molecular flexibility index (Phi) is 4.15. The smallest absolute Gasteiger partial charge is 0.314 e. The number of likely N-dealkylation sites (tertiary alicyclic amines) is 1. The van der Waals surface area contributed by atoms with Gasteiger partial charge in [0, 0.05) is 31.2 Å². The number of hydrogen-bond acceptors (Lipinski definition) is 2. The van der Waals surface area contributed by atoms with Gasteiger partial charge in [0.15, 0.2) is 0 Å². The quantitative estimate of drug-likeness (QED) is 0.854. The summed E-state index contributed by atoms with van der Waals surface area (Å²) in [5, 5.41) is 3.32. The minimum Gasteiger partial charge on any atom is -0.351 e. The standard InChI is InChI=1S/C13H18FN3O/c14-12-4-2-1-3-10(12)9-16-11-5-7-17(8-6-11)13(15)18/h1-4,11,16H,5-9H2,(H2,15,18). The van der Waals surface area contributed by atoms with Gasteiger partial charge in [-0.2, -0.15) is 0 Å². The molecule has 1 heterocycles. The van der Waals surface area contributed by atoms with Crippen molar-refractivity contribution in [1.29, 1.82) is 0 Å². The fourth-order valence-electron chi connectivity index (χ4n) is 2.20. The summed E-state index contributed by atoms with van der Waals surface area (Å²) in [4.78, 5) is 12.6. The molecule has 1 aliphatic heterocycles. The van der Waals surface area contributed by atoms with E-state index in [1.54, 1.807) is 17.0 Å². The lowest BCUT2D eigenvalue weighted by atomic mass is 10.0. The van der Waals surface area contributed by atoms with Gasteiger partial charge in [0.05, 0.1) is 0 Å². The molecule has 0 aliphatic carbocycles. The van der Waals surface area contributed by atoms with Gasteiger partial charge in [-0.15, -0.1) is 0 Å². The first kappa shape index (κ1) is 12.8. The van der Waals surface area contributed by atoms with E-state index >= 15 is 0 Å². The third-order valence-electron chi connectivity index (χ3n) is 3.35. The molecule has 5 heteroatoms. The molecule has 1 saturated heterocycles. The number of halogens is 1. The van der Waals surface area contributed by atoms with Crippen LogP contribution in [0.2, 0.25) is 0 Å². The molecule has 1 aliphatic rings. The van der Waals surface area contributed by atoms with Crippen LogP contribution in [0.1, 0.15) is 18.4 Å². The van der Waals surface area contributed by atoms with Crippen molar-refractivity contribution in [1.82, 2.24) is 10.2 Å². The van der Waals surface area contributed by atoms with Gasteiger partial charge < -0.3 is 16.0 Å². The van der Waals surface area contributed by atoms with Crippen molar-refractivity contribution in [3.63, 3.8) is 0 Å². The average Bonchev–Trinajstić information content (AvgIpc) is 2.38. The molecule has 1 aromatic rings. The van der Waals surface area contributed by atoms with E-state index in [0.29, 0.717) is 31.2 Å². The number of carbonyl (C=O) groups is 1. The maximum Gasteiger partial charge on any atom is 0.314 e. The summed E-state index contributed by atoms with van der Waals surface area (Å²) in [6.07, 6.45) is 1.72. The average molecular weight is 251 g/mol. The Morgan fingerprint density at radius 3 is 2.67 bits per heavy atom. The number of rotatable bonds is 3. The van der Waals surface area contributed by atoms with E-state index in [1.807, 2.05) is 6.07 Å². The van der Waals surface area contributed by atoms with E-state index in [-0.39, 0.29) is 11.8 Å². The molecular weight excluding hydrogens is 233 g/mol. The van der Waals surface area contributed by atoms with Crippen LogP contribution in [0.3, 0.4) is 0 Å². The van der Waals surface area contributed by atoms with Gasteiger partial charge >= 0.3 is 6.03 Å². The number of piperidine rings is 1. The second kappa shape index (κ2) is 5.82. The summed E-state index contributed by atoms with van der Waals surface area (Å²) >= 11 is 0. The molecule has 0 aromatic heterocycles. The highest BCUT2D eigenvalue weighted by atomic mass is 19.1. The van der Waals surface area contributed by atoms with Gasteiger partial charge in [0.2, 0.25) is 0 Å². The molecule has 0 unspecified atom stereocenters. The van der Waals surface area contributed by atoms with E-state index in [4.69, 9.17) is 5.73 Å². The Labute approximate surface area is 106 Å². The normalized spacial score (nSPS) is 16.8. The van der Waals surface area contributed by atoms with Crippen molar-refractivity contribution in [2.75, 3.05) is 13.1 Å². The molecule has 3 N–H and O–H groups in total. The lowest BCUT2D eigenvalue weighted by Gasteiger charge is -2.31. The predicted molar refractivity (Wildman–Crippen MR) is 67.4 cm³/mol. The number of hydrogen-bond donors (Lipinski definition) is 2. The van der Waals surface area contributed by atoms with E-state index in [0.717, 1.165) is 12.8 Å². The molecule has 0 spiro atoms. The molecule has 0 radical (unpaired) electrons. The Balaban J connectivity index is 1.79. The van der Waals surface area contributed by atoms with Crippen LogP contribution in [0.4, 0.5) is 9.18 Å². The molecule has 0 bridgehead atoms. The Bertz CT molecular complexity index is 416. The number of benzene rings is 1. The predicted octanol–water partition coefficient (Wildman–Crippen LogP) is 1.46. The zero-order chi connectivity index (χ0) is 13.0. The zero-order valence-electron chi connectivity index (χ0n) is 10.2. The number of carbonyl (C=O) groups excluding carboxylic acids is 1. The van der Waals surface area contributed by atoms with Gasteiger partial charge in [-0.25, -0.2) is 9.18 Å². The van der Waals surface area contributed by atoms with Crippen molar-refractivity contribution in [2.24, 2.45) is 5.73 Å². The molecule has 98 valence electrons. The molecule has 0 saturated carbocycles. The largest absolute Gasteiger partial charge is 0.351 e. The van der Waals surface area contributed by atoms with E-state index in [9.17, 15) is 9.18 Å². The maximum atomic E-state index is 13.4. The van der Waals surface area contributed by atoms with Crippen LogP contribution in [0.15, 0.2) is 24.3 Å². The van der Waals surface area contributed by atoms with Gasteiger partial charge in [-0.3, -0.25) is 0 Å². The Morgan fingerprint density at radius 2 is 2.06 bits per heavy atom. The highest BCUT2D eigenvalue weighted by Crippen LogP contribution is 2.12. The molecule has 4 nitrogen and oxygen atoms in total. The Hall–Kier alpha value is -1.62. The summed E-state index contributed by atoms with van der Waals surface area (Å²) in [6, 6.07) is 6.72. The summed E-state index contributed by atoms with van der Waals surface area (Å²) < 4.78 is 13.4. The van der Waals surface area contributed by atoms with Crippen LogP contribution in [0, 0.1) is 5.82 Å². The molecule has 0 atom stereocenters. The molecule has 18 heavy (non-hydrogen) atoms. The number of nitrogens with two attached hydrogens (primary N) is 1. The van der Waals surface area contributed by atoms with Crippen LogP contribution >= 0.6 is 0 Å². The minimum absolute atomic E-state index is 0.181. The van der Waals surface area contributed by atoms with Crippen molar-refractivity contribution < 1.29 is 9.18 Å². The van der Waals surface area contributed by atoms with E-state index in [2.05, 4.69) is 5.32 Å². The van der Waals surface area contributed by atoms with Crippen LogP contribution in [0.25, 0.3) is 0 Å². The second-order valence-corrected chi connectivity index (χ2v) is 4.57. The van der Waals surface area contributed by atoms with Crippen molar-refractivity contribution >= 4 is 6.03 Å². The molecule has 2 rings (SSSR count). The van der Waals surface area contributed by atoms with Crippen LogP contribution in [0.5, 0.6) is 0 Å². The number of amides is 2.